The summed E-state index contributed by atoms with van der Waals surface area (Å²) < 4.78 is 31.2. The number of methoxy groups -OCH3 is 1. The molecule has 38 heavy (non-hydrogen) atoms. The third-order valence-electron chi connectivity index (χ3n) is 7.52. The third-order valence-corrected chi connectivity index (χ3v) is 7.81. The van der Waals surface area contributed by atoms with Gasteiger partial charge in [-0.2, -0.15) is 0 Å². The predicted molar refractivity (Wildman–Crippen MR) is 141 cm³/mol. The van der Waals surface area contributed by atoms with E-state index in [-0.39, 0.29) is 23.2 Å². The number of nitrogens with one attached hydrogen (secondary N) is 1. The molecule has 9 nitrogen and oxygen atoms in total. The van der Waals surface area contributed by atoms with Gasteiger partial charge in [0.05, 0.1) is 36.9 Å². The number of hydrogen-bond donors (Lipinski definition) is 1. The van der Waals surface area contributed by atoms with Crippen molar-refractivity contribution >= 4 is 40.0 Å². The number of likely N-dealkylation sites (tertiary alicyclic amines) is 2. The number of ether oxygens (including phenoxy) is 3. The van der Waals surface area contributed by atoms with E-state index in [1.807, 2.05) is 15.9 Å². The minimum Gasteiger partial charge on any atom is -0.493 e. The summed E-state index contributed by atoms with van der Waals surface area (Å²) in [6.07, 6.45) is 3.86. The van der Waals surface area contributed by atoms with E-state index in [9.17, 15) is 9.18 Å². The maximum absolute atomic E-state index is 13.6. The van der Waals surface area contributed by atoms with Crippen LogP contribution in [0.5, 0.6) is 11.5 Å². The van der Waals surface area contributed by atoms with Crippen LogP contribution in [0.4, 0.5) is 20.7 Å². The van der Waals surface area contributed by atoms with E-state index in [1.165, 1.54) is 18.5 Å². The monoisotopic (exact) mass is 541 g/mol. The van der Waals surface area contributed by atoms with Crippen LogP contribution in [0.15, 0.2) is 36.7 Å². The summed E-state index contributed by atoms with van der Waals surface area (Å²) in [5, 5.41) is 3.93. The number of anilines is 2. The molecule has 3 aliphatic heterocycles. The van der Waals surface area contributed by atoms with Gasteiger partial charge in [0.25, 0.3) is 0 Å². The minimum atomic E-state index is -0.491. The molecule has 1 N–H and O–H groups in total. The number of hydrogen-bond acceptors (Lipinski definition) is 7. The summed E-state index contributed by atoms with van der Waals surface area (Å²) in [7, 11) is 1.59. The van der Waals surface area contributed by atoms with E-state index in [2.05, 4.69) is 15.3 Å². The Morgan fingerprint density at radius 1 is 1.16 bits per heavy atom. The third kappa shape index (κ3) is 4.90. The number of benzene rings is 2. The molecule has 2 bridgehead atoms. The van der Waals surface area contributed by atoms with Gasteiger partial charge in [-0.05, 0) is 30.7 Å². The maximum atomic E-state index is 13.6. The Morgan fingerprint density at radius 3 is 2.76 bits per heavy atom. The van der Waals surface area contributed by atoms with Gasteiger partial charge in [0.1, 0.15) is 24.1 Å². The number of halogens is 2. The SMILES string of the molecule is COc1cc2ncnc(Nc3ccc(F)c(Cl)c3)c2cc1OC1CCN(C(=O)N2CC3COCC2C3)CC1. The lowest BCUT2D eigenvalue weighted by Crippen LogP contribution is -2.50. The Kier molecular flexibility index (Phi) is 6.84. The van der Waals surface area contributed by atoms with Crippen molar-refractivity contribution in [1.82, 2.24) is 19.8 Å². The van der Waals surface area contributed by atoms with Crippen LogP contribution in [0.3, 0.4) is 0 Å². The number of urea groups is 1. The van der Waals surface area contributed by atoms with Crippen LogP contribution in [0, 0.1) is 11.7 Å². The van der Waals surface area contributed by atoms with Gasteiger partial charge in [-0.15, -0.1) is 0 Å². The molecule has 3 saturated heterocycles. The van der Waals surface area contributed by atoms with Gasteiger partial charge in [0.2, 0.25) is 0 Å². The second-order valence-corrected chi connectivity index (χ2v) is 10.4. The minimum absolute atomic E-state index is 0.0185. The molecule has 0 aliphatic carbocycles. The van der Waals surface area contributed by atoms with Crippen LogP contribution >= 0.6 is 11.6 Å². The lowest BCUT2D eigenvalue weighted by molar-refractivity contribution is 0.0506. The number of rotatable bonds is 5. The zero-order valence-corrected chi connectivity index (χ0v) is 21.8. The lowest BCUT2D eigenvalue weighted by Gasteiger charge is -2.36. The molecule has 3 aliphatic rings. The van der Waals surface area contributed by atoms with E-state index in [0.717, 1.165) is 37.8 Å². The Labute approximate surface area is 224 Å². The van der Waals surface area contributed by atoms with Gasteiger partial charge in [-0.3, -0.25) is 0 Å². The summed E-state index contributed by atoms with van der Waals surface area (Å²) in [6, 6.07) is 8.36. The molecule has 2 amide bonds. The molecule has 4 heterocycles. The molecule has 0 saturated carbocycles. The fourth-order valence-corrected chi connectivity index (χ4v) is 5.73. The van der Waals surface area contributed by atoms with Gasteiger partial charge in [-0.1, -0.05) is 11.6 Å². The van der Waals surface area contributed by atoms with Crippen LogP contribution in [-0.4, -0.2) is 77.9 Å². The molecule has 11 heteroatoms. The second-order valence-electron chi connectivity index (χ2n) is 10.0. The first-order valence-corrected chi connectivity index (χ1v) is 13.2. The van der Waals surface area contributed by atoms with Crippen molar-refractivity contribution in [3.05, 3.63) is 47.5 Å². The Bertz CT molecular complexity index is 1350. The van der Waals surface area contributed by atoms with Gasteiger partial charge in [0.15, 0.2) is 11.5 Å². The number of aromatic nitrogens is 2. The molecule has 2 aromatic carbocycles. The summed E-state index contributed by atoms with van der Waals surface area (Å²) in [5.41, 5.74) is 1.26. The fourth-order valence-electron chi connectivity index (χ4n) is 5.55. The smallest absolute Gasteiger partial charge is 0.320 e. The van der Waals surface area contributed by atoms with E-state index < -0.39 is 5.82 Å². The molecule has 1 aromatic heterocycles. The number of carbonyl (C=O) groups excluding carboxylic acids is 1. The van der Waals surface area contributed by atoms with E-state index >= 15 is 0 Å². The van der Waals surface area contributed by atoms with E-state index in [1.54, 1.807) is 19.2 Å². The molecule has 200 valence electrons. The van der Waals surface area contributed by atoms with Crippen LogP contribution in [-0.2, 0) is 4.74 Å². The van der Waals surface area contributed by atoms with Crippen molar-refractivity contribution in [3.8, 4) is 11.5 Å². The average molecular weight is 542 g/mol. The largest absolute Gasteiger partial charge is 0.493 e. The summed E-state index contributed by atoms with van der Waals surface area (Å²) in [4.78, 5) is 25.8. The molecule has 3 aromatic rings. The molecule has 2 atom stereocenters. The molecule has 6 rings (SSSR count). The Balaban J connectivity index is 1.16. The zero-order chi connectivity index (χ0) is 26.2. The first kappa shape index (κ1) is 24.9. The topological polar surface area (TPSA) is 89.1 Å². The fraction of sp³-hybridized carbons (Fsp3) is 0.444. The standard InChI is InChI=1S/C27H29ClFN5O4/c1-36-24-11-23-20(26(31-15-30-23)32-17-2-3-22(29)21(28)9-17)10-25(24)38-19-4-6-33(7-5-19)27(35)34-12-16-8-18(34)14-37-13-16/h2-3,9-11,15-16,18-19H,4-8,12-14H2,1H3,(H,30,31,32). The Morgan fingerprint density at radius 2 is 2.00 bits per heavy atom. The van der Waals surface area contributed by atoms with Crippen LogP contribution < -0.4 is 14.8 Å². The maximum Gasteiger partial charge on any atom is 0.320 e. The highest BCUT2D eigenvalue weighted by molar-refractivity contribution is 6.31. The van der Waals surface area contributed by atoms with E-state index in [4.69, 9.17) is 25.8 Å². The van der Waals surface area contributed by atoms with Crippen LogP contribution in [0.2, 0.25) is 5.02 Å². The number of nitrogens with zero attached hydrogens (tertiary/aromatic N) is 4. The van der Waals surface area contributed by atoms with Gasteiger partial charge in [-0.25, -0.2) is 19.2 Å². The summed E-state index contributed by atoms with van der Waals surface area (Å²) in [5.74, 6) is 1.64. The highest BCUT2D eigenvalue weighted by Crippen LogP contribution is 2.37. The normalized spacial score (nSPS) is 21.6. The average Bonchev–Trinajstić information content (AvgIpc) is 3.23. The van der Waals surface area contributed by atoms with Crippen LogP contribution in [0.1, 0.15) is 19.3 Å². The highest BCUT2D eigenvalue weighted by Gasteiger charge is 2.40. The summed E-state index contributed by atoms with van der Waals surface area (Å²) in [6.45, 7) is 3.45. The van der Waals surface area contributed by atoms with Gasteiger partial charge >= 0.3 is 6.03 Å². The number of fused-ring (bicyclic) bond motifs is 3. The molecule has 0 spiro atoms. The lowest BCUT2D eigenvalue weighted by atomic mass is 10.1. The molecular weight excluding hydrogens is 513 g/mol. The molecule has 0 radical (unpaired) electrons. The first-order valence-electron chi connectivity index (χ1n) is 12.8. The van der Waals surface area contributed by atoms with Crippen molar-refractivity contribution in [3.63, 3.8) is 0 Å². The van der Waals surface area contributed by atoms with Crippen molar-refractivity contribution in [2.45, 2.75) is 31.4 Å². The van der Waals surface area contributed by atoms with Crippen molar-refractivity contribution in [2.24, 2.45) is 5.92 Å². The van der Waals surface area contributed by atoms with Crippen LogP contribution in [0.25, 0.3) is 10.9 Å². The predicted octanol–water partition coefficient (Wildman–Crippen LogP) is 4.86. The second kappa shape index (κ2) is 10.4. The number of amides is 2. The Hall–Kier alpha value is -3.37. The molecular formula is C27H29ClFN5O4. The first-order chi connectivity index (χ1) is 18.5. The zero-order valence-electron chi connectivity index (χ0n) is 21.0. The van der Waals surface area contributed by atoms with Crippen molar-refractivity contribution in [1.29, 1.82) is 0 Å². The molecule has 3 fully saturated rings. The van der Waals surface area contributed by atoms with Gasteiger partial charge < -0.3 is 29.3 Å². The molecule has 2 unspecified atom stereocenters. The van der Waals surface area contributed by atoms with Crippen molar-refractivity contribution in [2.75, 3.05) is 45.3 Å². The summed E-state index contributed by atoms with van der Waals surface area (Å²) >= 11 is 5.94. The number of piperidine rings is 1. The quantitative estimate of drug-likeness (QED) is 0.493. The van der Waals surface area contributed by atoms with E-state index in [0.29, 0.717) is 54.1 Å². The van der Waals surface area contributed by atoms with Gasteiger partial charge in [0, 0.05) is 55.5 Å². The highest BCUT2D eigenvalue weighted by atomic mass is 35.5. The van der Waals surface area contributed by atoms with Crippen molar-refractivity contribution < 1.29 is 23.4 Å². The number of carbonyl (C=O) groups is 1.